The van der Waals surface area contributed by atoms with Gasteiger partial charge in [0.2, 0.25) is 0 Å². The number of anilines is 1. The Morgan fingerprint density at radius 3 is 2.48 bits per heavy atom. The molecule has 1 atom stereocenters. The van der Waals surface area contributed by atoms with Gasteiger partial charge in [-0.05, 0) is 18.2 Å². The zero-order chi connectivity index (χ0) is 18.6. The van der Waals surface area contributed by atoms with Gasteiger partial charge >= 0.3 is 0 Å². The molecule has 0 spiro atoms. The maximum Gasteiger partial charge on any atom is 0.254 e. The van der Waals surface area contributed by atoms with Crippen LogP contribution in [0.25, 0.3) is 0 Å². The molecule has 2 aromatic carbocycles. The van der Waals surface area contributed by atoms with E-state index in [4.69, 9.17) is 4.74 Å². The molecule has 27 heavy (non-hydrogen) atoms. The lowest BCUT2D eigenvalue weighted by molar-refractivity contribution is -0.119. The molecule has 0 radical (unpaired) electrons. The average Bonchev–Trinajstić information content (AvgIpc) is 2.99. The lowest BCUT2D eigenvalue weighted by atomic mass is 10.1. The summed E-state index contributed by atoms with van der Waals surface area (Å²) in [6.45, 7) is 4.65. The summed E-state index contributed by atoms with van der Waals surface area (Å²) < 4.78 is 5.38. The molecule has 1 fully saturated rings. The van der Waals surface area contributed by atoms with Gasteiger partial charge in [0.05, 0.1) is 13.2 Å². The van der Waals surface area contributed by atoms with Crippen LogP contribution in [-0.2, 0) is 9.53 Å². The molecule has 2 aliphatic heterocycles. The van der Waals surface area contributed by atoms with E-state index < -0.39 is 6.04 Å². The molecular formula is C21H23N3O3. The van der Waals surface area contributed by atoms with Crippen molar-refractivity contribution in [1.29, 1.82) is 0 Å². The van der Waals surface area contributed by atoms with Crippen LogP contribution in [0.2, 0.25) is 0 Å². The second kappa shape index (κ2) is 7.90. The first-order chi connectivity index (χ1) is 13.2. The minimum absolute atomic E-state index is 0.0752. The fourth-order valence-corrected chi connectivity index (χ4v) is 3.63. The Labute approximate surface area is 158 Å². The molecule has 2 amide bonds. The topological polar surface area (TPSA) is 61.9 Å². The van der Waals surface area contributed by atoms with Gasteiger partial charge in [0, 0.05) is 43.0 Å². The third-order valence-electron chi connectivity index (χ3n) is 5.11. The number of benzene rings is 2. The molecule has 0 aliphatic carbocycles. The number of amides is 2. The van der Waals surface area contributed by atoms with Crippen LogP contribution >= 0.6 is 0 Å². The van der Waals surface area contributed by atoms with Gasteiger partial charge in [0.1, 0.15) is 6.04 Å². The van der Waals surface area contributed by atoms with Gasteiger partial charge in [-0.25, -0.2) is 0 Å². The third kappa shape index (κ3) is 3.72. The fraction of sp³-hybridized carbons (Fsp3) is 0.333. The highest BCUT2D eigenvalue weighted by Gasteiger charge is 2.38. The molecule has 1 saturated heterocycles. The molecule has 6 nitrogen and oxygen atoms in total. The van der Waals surface area contributed by atoms with Gasteiger partial charge in [-0.1, -0.05) is 36.4 Å². The van der Waals surface area contributed by atoms with E-state index in [1.165, 1.54) is 0 Å². The first kappa shape index (κ1) is 17.7. The summed E-state index contributed by atoms with van der Waals surface area (Å²) in [5, 5.41) is 2.91. The van der Waals surface area contributed by atoms with Gasteiger partial charge in [0.15, 0.2) is 0 Å². The van der Waals surface area contributed by atoms with Crippen molar-refractivity contribution in [2.24, 2.45) is 0 Å². The first-order valence-electron chi connectivity index (χ1n) is 9.30. The van der Waals surface area contributed by atoms with Gasteiger partial charge < -0.3 is 15.0 Å². The number of carbonyl (C=O) groups is 2. The van der Waals surface area contributed by atoms with Crippen molar-refractivity contribution in [3.8, 4) is 0 Å². The number of carbonyl (C=O) groups excluding carboxylic acids is 2. The van der Waals surface area contributed by atoms with Crippen molar-refractivity contribution in [3.05, 3.63) is 65.7 Å². The van der Waals surface area contributed by atoms with E-state index in [1.54, 1.807) is 17.0 Å². The van der Waals surface area contributed by atoms with Crippen molar-refractivity contribution < 1.29 is 14.3 Å². The van der Waals surface area contributed by atoms with Gasteiger partial charge in [-0.2, -0.15) is 0 Å². The Balaban J connectivity index is 1.50. The monoisotopic (exact) mass is 365 g/mol. The lowest BCUT2D eigenvalue weighted by Crippen LogP contribution is -2.44. The highest BCUT2D eigenvalue weighted by atomic mass is 16.5. The zero-order valence-electron chi connectivity index (χ0n) is 15.1. The summed E-state index contributed by atoms with van der Waals surface area (Å²) in [5.41, 5.74) is 2.29. The van der Waals surface area contributed by atoms with E-state index in [9.17, 15) is 9.59 Å². The van der Waals surface area contributed by atoms with Crippen LogP contribution in [-0.4, -0.2) is 56.1 Å². The van der Waals surface area contributed by atoms with Crippen molar-refractivity contribution in [3.63, 3.8) is 0 Å². The number of ether oxygens (including phenoxy) is 1. The number of hydrogen-bond donors (Lipinski definition) is 1. The summed E-state index contributed by atoms with van der Waals surface area (Å²) in [6.07, 6.45) is 0. The summed E-state index contributed by atoms with van der Waals surface area (Å²) in [7, 11) is 0. The molecule has 4 rings (SSSR count). The van der Waals surface area contributed by atoms with E-state index in [2.05, 4.69) is 10.2 Å². The Hall–Kier alpha value is -2.70. The zero-order valence-corrected chi connectivity index (χ0v) is 15.1. The van der Waals surface area contributed by atoms with Crippen LogP contribution < -0.4 is 10.2 Å². The number of hydrogen-bond acceptors (Lipinski definition) is 4. The minimum Gasteiger partial charge on any atom is -0.379 e. The molecule has 2 aliphatic rings. The van der Waals surface area contributed by atoms with Crippen molar-refractivity contribution >= 4 is 17.5 Å². The van der Waals surface area contributed by atoms with E-state index in [0.29, 0.717) is 12.1 Å². The van der Waals surface area contributed by atoms with Crippen LogP contribution in [0.5, 0.6) is 0 Å². The summed E-state index contributed by atoms with van der Waals surface area (Å²) in [6, 6.07) is 16.0. The number of morpholine rings is 1. The quantitative estimate of drug-likeness (QED) is 0.878. The number of nitrogens with zero attached hydrogens (tertiary/aromatic N) is 2. The maximum absolute atomic E-state index is 13.1. The molecule has 0 bridgehead atoms. The van der Waals surface area contributed by atoms with Gasteiger partial charge in [-0.3, -0.25) is 14.5 Å². The Morgan fingerprint density at radius 2 is 1.70 bits per heavy atom. The molecular weight excluding hydrogens is 342 g/mol. The number of rotatable bonds is 5. The maximum atomic E-state index is 13.1. The third-order valence-corrected chi connectivity index (χ3v) is 5.11. The molecule has 0 saturated carbocycles. The Morgan fingerprint density at radius 1 is 1.00 bits per heavy atom. The summed E-state index contributed by atoms with van der Waals surface area (Å²) >= 11 is 0. The molecule has 2 heterocycles. The van der Waals surface area contributed by atoms with E-state index >= 15 is 0 Å². The SMILES string of the molecule is O=C(NC1C(=O)N(CCN2CCOCC2)c2ccccc21)c1ccccc1. The predicted octanol–water partition coefficient (Wildman–Crippen LogP) is 1.84. The predicted molar refractivity (Wildman–Crippen MR) is 103 cm³/mol. The van der Waals surface area contributed by atoms with E-state index in [1.807, 2.05) is 42.5 Å². The Bertz CT molecular complexity index is 818. The highest BCUT2D eigenvalue weighted by Crippen LogP contribution is 2.35. The summed E-state index contributed by atoms with van der Waals surface area (Å²) in [4.78, 5) is 29.7. The number of nitrogens with one attached hydrogen (secondary N) is 1. The molecule has 0 aromatic heterocycles. The van der Waals surface area contributed by atoms with E-state index in [-0.39, 0.29) is 11.8 Å². The van der Waals surface area contributed by atoms with Crippen LogP contribution in [0.15, 0.2) is 54.6 Å². The van der Waals surface area contributed by atoms with Gasteiger partial charge in [0.25, 0.3) is 11.8 Å². The fourth-order valence-electron chi connectivity index (χ4n) is 3.63. The van der Waals surface area contributed by atoms with Gasteiger partial charge in [-0.15, -0.1) is 0 Å². The molecule has 2 aromatic rings. The van der Waals surface area contributed by atoms with Crippen molar-refractivity contribution in [2.45, 2.75) is 6.04 Å². The lowest BCUT2D eigenvalue weighted by Gasteiger charge is -2.28. The normalized spacial score (nSPS) is 19.8. The van der Waals surface area contributed by atoms with E-state index in [0.717, 1.165) is 44.1 Å². The first-order valence-corrected chi connectivity index (χ1v) is 9.30. The second-order valence-electron chi connectivity index (χ2n) is 6.78. The Kier molecular flexibility index (Phi) is 5.18. The molecule has 1 unspecified atom stereocenters. The molecule has 140 valence electrons. The highest BCUT2D eigenvalue weighted by molar-refractivity contribution is 6.07. The number of para-hydroxylation sites is 1. The van der Waals surface area contributed by atoms with Crippen LogP contribution in [0.3, 0.4) is 0 Å². The average molecular weight is 365 g/mol. The minimum atomic E-state index is -0.640. The van der Waals surface area contributed by atoms with Crippen molar-refractivity contribution in [1.82, 2.24) is 10.2 Å². The second-order valence-corrected chi connectivity index (χ2v) is 6.78. The number of fused-ring (bicyclic) bond motifs is 1. The smallest absolute Gasteiger partial charge is 0.254 e. The molecule has 1 N–H and O–H groups in total. The van der Waals surface area contributed by atoms with Crippen LogP contribution in [0.1, 0.15) is 22.0 Å². The molecule has 6 heteroatoms. The largest absolute Gasteiger partial charge is 0.379 e. The van der Waals surface area contributed by atoms with Crippen LogP contribution in [0, 0.1) is 0 Å². The standard InChI is InChI=1S/C21H23N3O3/c25-20(16-6-2-1-3-7-16)22-19-17-8-4-5-9-18(17)24(21(19)26)11-10-23-12-14-27-15-13-23/h1-9,19H,10-15H2,(H,22,25). The van der Waals surface area contributed by atoms with Crippen LogP contribution in [0.4, 0.5) is 5.69 Å². The van der Waals surface area contributed by atoms with Crippen molar-refractivity contribution in [2.75, 3.05) is 44.3 Å². The summed E-state index contributed by atoms with van der Waals surface area (Å²) in [5.74, 6) is -0.312.